The highest BCUT2D eigenvalue weighted by Crippen LogP contribution is 2.28. The van der Waals surface area contributed by atoms with E-state index in [0.717, 1.165) is 6.42 Å². The predicted molar refractivity (Wildman–Crippen MR) is 57.5 cm³/mol. The first kappa shape index (κ1) is 11.7. The van der Waals surface area contributed by atoms with Crippen LogP contribution in [-0.2, 0) is 0 Å². The van der Waals surface area contributed by atoms with Crippen LogP contribution in [0.3, 0.4) is 0 Å². The molecule has 0 nitrogen and oxygen atoms in total. The third kappa shape index (κ3) is 2.79. The van der Waals surface area contributed by atoms with Crippen LogP contribution in [0.25, 0.3) is 0 Å². The van der Waals surface area contributed by atoms with E-state index in [2.05, 4.69) is 5.92 Å². The van der Waals surface area contributed by atoms with Crippen LogP contribution in [0.2, 0.25) is 0 Å². The topological polar surface area (TPSA) is 0 Å². The third-order valence-electron chi connectivity index (χ3n) is 2.41. The van der Waals surface area contributed by atoms with Crippen molar-refractivity contribution in [3.8, 4) is 12.3 Å². The van der Waals surface area contributed by atoms with Crippen LogP contribution in [0.15, 0.2) is 18.2 Å². The van der Waals surface area contributed by atoms with E-state index < -0.39 is 11.6 Å². The summed E-state index contributed by atoms with van der Waals surface area (Å²) in [5, 5.41) is 0. The van der Waals surface area contributed by atoms with Crippen LogP contribution in [0, 0.1) is 24.0 Å². The van der Waals surface area contributed by atoms with Gasteiger partial charge in [-0.1, -0.05) is 19.4 Å². The van der Waals surface area contributed by atoms with Crippen LogP contribution in [0.4, 0.5) is 8.78 Å². The summed E-state index contributed by atoms with van der Waals surface area (Å²) in [6.07, 6.45) is 7.15. The fraction of sp³-hybridized carbons (Fsp3) is 0.385. The van der Waals surface area contributed by atoms with Gasteiger partial charge in [0.15, 0.2) is 0 Å². The molecule has 0 amide bonds. The molecule has 0 N–H and O–H groups in total. The highest BCUT2D eigenvalue weighted by molar-refractivity contribution is 5.25. The molecule has 2 heteroatoms. The van der Waals surface area contributed by atoms with E-state index in [-0.39, 0.29) is 11.5 Å². The highest BCUT2D eigenvalue weighted by Gasteiger charge is 2.18. The number of rotatable bonds is 4. The van der Waals surface area contributed by atoms with Crippen LogP contribution < -0.4 is 0 Å². The van der Waals surface area contributed by atoms with Gasteiger partial charge >= 0.3 is 0 Å². The zero-order valence-electron chi connectivity index (χ0n) is 8.76. The Morgan fingerprint density at radius 2 is 1.93 bits per heavy atom. The molecule has 0 aliphatic carbocycles. The number of hydrogen-bond acceptors (Lipinski definition) is 0. The number of benzene rings is 1. The molecule has 0 heterocycles. The van der Waals surface area contributed by atoms with E-state index in [1.54, 1.807) is 0 Å². The molecule has 0 aliphatic rings. The number of hydrogen-bond donors (Lipinski definition) is 0. The maximum absolute atomic E-state index is 13.4. The minimum atomic E-state index is -0.497. The summed E-state index contributed by atoms with van der Waals surface area (Å²) in [5.74, 6) is 1.27. The van der Waals surface area contributed by atoms with E-state index in [4.69, 9.17) is 6.42 Å². The Bertz CT molecular complexity index is 343. The minimum absolute atomic E-state index is 0.136. The molecule has 1 aromatic rings. The van der Waals surface area contributed by atoms with Crippen molar-refractivity contribution in [2.24, 2.45) is 0 Å². The fourth-order valence-electron chi connectivity index (χ4n) is 1.74. The van der Waals surface area contributed by atoms with E-state index in [1.165, 1.54) is 18.2 Å². The van der Waals surface area contributed by atoms with Gasteiger partial charge in [-0.2, -0.15) is 0 Å². The lowest BCUT2D eigenvalue weighted by Crippen LogP contribution is -2.04. The van der Waals surface area contributed by atoms with Gasteiger partial charge in [-0.25, -0.2) is 8.78 Å². The molecule has 0 radical (unpaired) electrons. The molecule has 0 aliphatic heterocycles. The van der Waals surface area contributed by atoms with Gasteiger partial charge < -0.3 is 0 Å². The first-order chi connectivity index (χ1) is 7.20. The van der Waals surface area contributed by atoms with Gasteiger partial charge in [0.25, 0.3) is 0 Å². The Morgan fingerprint density at radius 3 is 2.40 bits per heavy atom. The van der Waals surface area contributed by atoms with E-state index >= 15 is 0 Å². The molecular weight excluding hydrogens is 194 g/mol. The second-order valence-corrected chi connectivity index (χ2v) is 3.53. The normalized spacial score (nSPS) is 12.1. The lowest BCUT2D eigenvalue weighted by Gasteiger charge is -2.15. The number of terminal acetylenes is 1. The molecule has 0 spiro atoms. The molecule has 15 heavy (non-hydrogen) atoms. The Labute approximate surface area is 89.3 Å². The van der Waals surface area contributed by atoms with Crippen molar-refractivity contribution < 1.29 is 8.78 Å². The van der Waals surface area contributed by atoms with Gasteiger partial charge in [-0.15, -0.1) is 12.3 Å². The van der Waals surface area contributed by atoms with E-state index in [1.807, 2.05) is 6.92 Å². The van der Waals surface area contributed by atoms with E-state index in [0.29, 0.717) is 12.8 Å². The molecule has 0 fully saturated rings. The molecule has 1 atom stereocenters. The molecular formula is C13H14F2. The summed E-state index contributed by atoms with van der Waals surface area (Å²) in [6.45, 7) is 1.97. The zero-order chi connectivity index (χ0) is 11.3. The van der Waals surface area contributed by atoms with Gasteiger partial charge in [0.05, 0.1) is 0 Å². The van der Waals surface area contributed by atoms with Crippen LogP contribution in [0.1, 0.15) is 37.7 Å². The molecule has 0 bridgehead atoms. The second-order valence-electron chi connectivity index (χ2n) is 3.53. The first-order valence-corrected chi connectivity index (χ1v) is 5.08. The summed E-state index contributed by atoms with van der Waals surface area (Å²) in [4.78, 5) is 0. The standard InChI is InChI=1S/C13H14F2/c1-3-6-10(7-4-2)13-11(14)8-5-9-12(13)15/h1,5,8-10H,4,6-7H2,2H3. The monoisotopic (exact) mass is 208 g/mol. The Hall–Kier alpha value is -1.36. The Kier molecular flexibility index (Phi) is 4.30. The summed E-state index contributed by atoms with van der Waals surface area (Å²) in [7, 11) is 0. The second kappa shape index (κ2) is 5.50. The first-order valence-electron chi connectivity index (χ1n) is 5.08. The maximum atomic E-state index is 13.4. The van der Waals surface area contributed by atoms with Crippen molar-refractivity contribution >= 4 is 0 Å². The summed E-state index contributed by atoms with van der Waals surface area (Å²) in [6, 6.07) is 3.92. The van der Waals surface area contributed by atoms with Crippen LogP contribution >= 0.6 is 0 Å². The van der Waals surface area contributed by atoms with Crippen LogP contribution in [0.5, 0.6) is 0 Å². The molecule has 0 aromatic heterocycles. The third-order valence-corrected chi connectivity index (χ3v) is 2.41. The SMILES string of the molecule is C#CCC(CCC)c1c(F)cccc1F. The molecule has 80 valence electrons. The minimum Gasteiger partial charge on any atom is -0.207 e. The van der Waals surface area contributed by atoms with Gasteiger partial charge in [0.1, 0.15) is 11.6 Å². The predicted octanol–water partition coefficient (Wildman–Crippen LogP) is 3.87. The van der Waals surface area contributed by atoms with Crippen molar-refractivity contribution in [2.45, 2.75) is 32.1 Å². The molecule has 1 unspecified atom stereocenters. The van der Waals surface area contributed by atoms with Gasteiger partial charge in [0.2, 0.25) is 0 Å². The number of halogens is 2. The van der Waals surface area contributed by atoms with Gasteiger partial charge in [-0.05, 0) is 18.6 Å². The van der Waals surface area contributed by atoms with Crippen LogP contribution in [-0.4, -0.2) is 0 Å². The van der Waals surface area contributed by atoms with Crippen molar-refractivity contribution in [1.29, 1.82) is 0 Å². The summed E-state index contributed by atoms with van der Waals surface area (Å²) in [5.41, 5.74) is 0.136. The van der Waals surface area contributed by atoms with Gasteiger partial charge in [0, 0.05) is 17.9 Å². The largest absolute Gasteiger partial charge is 0.207 e. The summed E-state index contributed by atoms with van der Waals surface area (Å²) >= 11 is 0. The zero-order valence-corrected chi connectivity index (χ0v) is 8.76. The fourth-order valence-corrected chi connectivity index (χ4v) is 1.74. The lowest BCUT2D eigenvalue weighted by atomic mass is 9.91. The quantitative estimate of drug-likeness (QED) is 0.659. The maximum Gasteiger partial charge on any atom is 0.129 e. The van der Waals surface area contributed by atoms with Crippen molar-refractivity contribution in [1.82, 2.24) is 0 Å². The molecule has 0 saturated carbocycles. The smallest absolute Gasteiger partial charge is 0.129 e. The van der Waals surface area contributed by atoms with Gasteiger partial charge in [-0.3, -0.25) is 0 Å². The molecule has 1 rings (SSSR count). The average Bonchev–Trinajstić information content (AvgIpc) is 2.18. The van der Waals surface area contributed by atoms with Crippen molar-refractivity contribution in [3.05, 3.63) is 35.4 Å². The molecule has 1 aromatic carbocycles. The van der Waals surface area contributed by atoms with E-state index in [9.17, 15) is 8.78 Å². The summed E-state index contributed by atoms with van der Waals surface area (Å²) < 4.78 is 26.9. The van der Waals surface area contributed by atoms with Crippen molar-refractivity contribution in [2.75, 3.05) is 0 Å². The lowest BCUT2D eigenvalue weighted by molar-refractivity contribution is 0.507. The highest BCUT2D eigenvalue weighted by atomic mass is 19.1. The average molecular weight is 208 g/mol. The van der Waals surface area contributed by atoms with Crippen molar-refractivity contribution in [3.63, 3.8) is 0 Å². The Morgan fingerprint density at radius 1 is 1.33 bits per heavy atom. The molecule has 0 saturated heterocycles. The Balaban J connectivity index is 3.05.